The van der Waals surface area contributed by atoms with Crippen LogP contribution in [-0.4, -0.2) is 31.0 Å². The van der Waals surface area contributed by atoms with E-state index in [9.17, 15) is 19.6 Å². The lowest BCUT2D eigenvalue weighted by atomic mass is 9.90. The van der Waals surface area contributed by atoms with E-state index in [1.807, 2.05) is 39.9 Å². The Morgan fingerprint density at radius 3 is 2.32 bits per heavy atom. The van der Waals surface area contributed by atoms with Crippen molar-refractivity contribution < 1.29 is 14.4 Å². The maximum atomic E-state index is 13.3. The third kappa shape index (κ3) is 6.60. The minimum atomic E-state index is -2.52. The zero-order valence-corrected chi connectivity index (χ0v) is 22.2. The van der Waals surface area contributed by atoms with Crippen LogP contribution in [0.15, 0.2) is 42.5 Å². The molecule has 2 aromatic carbocycles. The molecule has 0 radical (unpaired) electrons. The molecule has 2 atom stereocenters. The van der Waals surface area contributed by atoms with E-state index in [0.717, 1.165) is 0 Å². The number of carbonyl (C=O) groups is 2. The molecular weight excluding hydrogens is 468 g/mol. The molecule has 0 bridgehead atoms. The molecule has 2 aromatic rings. The van der Waals surface area contributed by atoms with Gasteiger partial charge in [0.2, 0.25) is 0 Å². The predicted molar refractivity (Wildman–Crippen MR) is 138 cm³/mol. The van der Waals surface area contributed by atoms with Gasteiger partial charge in [0.15, 0.2) is 8.32 Å². The first-order valence-electron chi connectivity index (χ1n) is 11.1. The van der Waals surface area contributed by atoms with E-state index < -0.39 is 26.2 Å². The van der Waals surface area contributed by atoms with E-state index in [1.165, 1.54) is 0 Å². The first kappa shape index (κ1) is 27.4. The van der Waals surface area contributed by atoms with Crippen LogP contribution in [0.25, 0.3) is 0 Å². The molecule has 182 valence electrons. The van der Waals surface area contributed by atoms with Gasteiger partial charge in [0.05, 0.1) is 10.6 Å². The maximum Gasteiger partial charge on any atom is 0.269 e. The van der Waals surface area contributed by atoms with Crippen LogP contribution in [0.3, 0.4) is 0 Å². The second-order valence-electron chi connectivity index (χ2n) is 9.77. The number of hydrogen-bond acceptors (Lipinski definition) is 5. The molecule has 9 heteroatoms. The molecule has 0 aliphatic carbocycles. The fourth-order valence-corrected chi connectivity index (χ4v) is 4.62. The highest BCUT2D eigenvalue weighted by atomic mass is 35.5. The largest absolute Gasteiger partial charge is 0.432 e. The van der Waals surface area contributed by atoms with Gasteiger partial charge in [-0.2, -0.15) is 5.26 Å². The van der Waals surface area contributed by atoms with Crippen molar-refractivity contribution in [2.24, 2.45) is 5.92 Å². The molecule has 2 amide bonds. The van der Waals surface area contributed by atoms with E-state index in [-0.39, 0.29) is 11.0 Å². The number of hydrogen-bond donors (Lipinski definition) is 4. The van der Waals surface area contributed by atoms with Crippen molar-refractivity contribution in [1.29, 1.82) is 5.26 Å². The number of hydrazine groups is 1. The molecule has 7 nitrogen and oxygen atoms in total. The Labute approximate surface area is 207 Å². The minimum Gasteiger partial charge on any atom is -0.432 e. The van der Waals surface area contributed by atoms with Crippen LogP contribution >= 0.6 is 11.6 Å². The molecule has 4 N–H and O–H groups in total. The van der Waals surface area contributed by atoms with Gasteiger partial charge in [0, 0.05) is 11.3 Å². The lowest BCUT2D eigenvalue weighted by molar-refractivity contribution is -0.123. The summed E-state index contributed by atoms with van der Waals surface area (Å²) in [6, 6.07) is 13.2. The summed E-state index contributed by atoms with van der Waals surface area (Å²) in [5, 5.41) is 12.4. The molecule has 0 unspecified atom stereocenters. The second kappa shape index (κ2) is 11.0. The summed E-state index contributed by atoms with van der Waals surface area (Å²) in [5.41, 5.74) is 7.03. The predicted octanol–water partition coefficient (Wildman–Crippen LogP) is 4.77. The Morgan fingerprint density at radius 1 is 1.15 bits per heavy atom. The fraction of sp³-hybridized carbons (Fsp3) is 0.400. The first-order chi connectivity index (χ1) is 15.8. The molecule has 0 saturated carbocycles. The molecule has 0 aromatic heterocycles. The smallest absolute Gasteiger partial charge is 0.269 e. The Kier molecular flexibility index (Phi) is 8.89. The van der Waals surface area contributed by atoms with Gasteiger partial charge in [-0.3, -0.25) is 20.4 Å². The first-order valence-corrected chi connectivity index (χ1v) is 14.4. The number of anilines is 1. The van der Waals surface area contributed by atoms with E-state index in [2.05, 4.69) is 16.2 Å². The standard InChI is InChI=1S/C25H33ClN4O3Si/c1-16(14-25(3,4)34(5,6)33)22(28-20-13-12-19(15-27)21(26)17(20)2)24(32)30-29-23(31)18-10-8-7-9-11-18/h7-13,16,22,28,33H,14H2,1-6H3,(H,29,31)(H,30,32)/t16-,22-/m1/s1. The van der Waals surface area contributed by atoms with Gasteiger partial charge < -0.3 is 10.1 Å². The number of nitrogens with zero attached hydrogens (tertiary/aromatic N) is 1. The second-order valence-corrected chi connectivity index (χ2v) is 14.6. The Morgan fingerprint density at radius 2 is 1.76 bits per heavy atom. The molecule has 0 heterocycles. The zero-order chi connectivity index (χ0) is 25.7. The van der Waals surface area contributed by atoms with E-state index in [0.29, 0.717) is 33.8 Å². The average molecular weight is 501 g/mol. The monoisotopic (exact) mass is 500 g/mol. The number of benzene rings is 2. The lowest BCUT2D eigenvalue weighted by Crippen LogP contribution is -2.52. The number of rotatable bonds is 8. The topological polar surface area (TPSA) is 114 Å². The molecule has 0 aliphatic rings. The van der Waals surface area contributed by atoms with Crippen LogP contribution in [0.4, 0.5) is 5.69 Å². The van der Waals surface area contributed by atoms with E-state index in [4.69, 9.17) is 11.6 Å². The van der Waals surface area contributed by atoms with Crippen molar-refractivity contribution in [3.8, 4) is 6.07 Å². The van der Waals surface area contributed by atoms with Crippen LogP contribution in [0, 0.1) is 24.2 Å². The highest BCUT2D eigenvalue weighted by Gasteiger charge is 2.41. The lowest BCUT2D eigenvalue weighted by Gasteiger charge is -2.39. The molecular formula is C25H33ClN4O3Si. The summed E-state index contributed by atoms with van der Waals surface area (Å²) in [6.07, 6.45) is 0.573. The van der Waals surface area contributed by atoms with Gasteiger partial charge in [-0.05, 0) is 67.2 Å². The summed E-state index contributed by atoms with van der Waals surface area (Å²) in [5.74, 6) is -1.07. The van der Waals surface area contributed by atoms with Crippen molar-refractivity contribution in [1.82, 2.24) is 10.9 Å². The fourth-order valence-electron chi connectivity index (χ4n) is 3.59. The Hall–Kier alpha value is -2.86. The van der Waals surface area contributed by atoms with Gasteiger partial charge in [0.25, 0.3) is 11.8 Å². The van der Waals surface area contributed by atoms with Crippen molar-refractivity contribution in [2.75, 3.05) is 5.32 Å². The van der Waals surface area contributed by atoms with E-state index >= 15 is 0 Å². The summed E-state index contributed by atoms with van der Waals surface area (Å²) >= 11 is 6.33. The molecule has 0 aliphatic heterocycles. The van der Waals surface area contributed by atoms with Crippen LogP contribution in [0.1, 0.15) is 48.7 Å². The van der Waals surface area contributed by atoms with Gasteiger partial charge in [-0.25, -0.2) is 0 Å². The minimum absolute atomic E-state index is 0.212. The molecule has 2 rings (SSSR count). The number of amides is 2. The summed E-state index contributed by atoms with van der Waals surface area (Å²) in [6.45, 7) is 11.5. The third-order valence-electron chi connectivity index (χ3n) is 6.49. The number of halogens is 1. The average Bonchev–Trinajstić information content (AvgIpc) is 2.77. The Bertz CT molecular complexity index is 1080. The normalized spacial score (nSPS) is 13.4. The SMILES string of the molecule is Cc1c(N[C@@H](C(=O)NNC(=O)c2ccccc2)[C@H](C)CC(C)(C)[Si](C)(C)O)ccc(C#N)c1Cl. The molecule has 0 saturated heterocycles. The van der Waals surface area contributed by atoms with Crippen LogP contribution in [0.5, 0.6) is 0 Å². The van der Waals surface area contributed by atoms with Crippen LogP contribution < -0.4 is 16.2 Å². The zero-order valence-electron chi connectivity index (χ0n) is 20.5. The van der Waals surface area contributed by atoms with Gasteiger partial charge >= 0.3 is 0 Å². The van der Waals surface area contributed by atoms with Crippen molar-refractivity contribution in [3.05, 3.63) is 64.2 Å². The summed E-state index contributed by atoms with van der Waals surface area (Å²) < 4.78 is 0. The van der Waals surface area contributed by atoms with Gasteiger partial charge in [-0.15, -0.1) is 0 Å². The summed E-state index contributed by atoms with van der Waals surface area (Å²) in [4.78, 5) is 36.4. The highest BCUT2D eigenvalue weighted by molar-refractivity contribution is 6.72. The highest BCUT2D eigenvalue weighted by Crippen LogP contribution is 2.42. The van der Waals surface area contributed by atoms with Crippen molar-refractivity contribution in [3.63, 3.8) is 0 Å². The van der Waals surface area contributed by atoms with Gasteiger partial charge in [0.1, 0.15) is 12.1 Å². The third-order valence-corrected chi connectivity index (χ3v) is 10.5. The van der Waals surface area contributed by atoms with Crippen LogP contribution in [0.2, 0.25) is 23.2 Å². The van der Waals surface area contributed by atoms with Crippen LogP contribution in [-0.2, 0) is 4.79 Å². The van der Waals surface area contributed by atoms with E-state index in [1.54, 1.807) is 49.4 Å². The van der Waals surface area contributed by atoms with Gasteiger partial charge in [-0.1, -0.05) is 50.6 Å². The molecule has 0 fully saturated rings. The number of carbonyl (C=O) groups excluding carboxylic acids is 2. The number of nitriles is 1. The quantitative estimate of drug-likeness (QED) is 0.308. The number of nitrogens with one attached hydrogen (secondary N) is 3. The van der Waals surface area contributed by atoms with Crippen molar-refractivity contribution >= 4 is 37.4 Å². The summed E-state index contributed by atoms with van der Waals surface area (Å²) in [7, 11) is -2.52. The molecule has 0 spiro atoms. The maximum absolute atomic E-state index is 13.3. The van der Waals surface area contributed by atoms with Crippen molar-refractivity contribution in [2.45, 2.75) is 58.3 Å². The Balaban J connectivity index is 2.29. The molecule has 34 heavy (non-hydrogen) atoms.